The smallest absolute Gasteiger partial charge is 0.306 e. The number of hydrogen-bond donors (Lipinski definition) is 0. The molecule has 0 aromatic heterocycles. The maximum Gasteiger partial charge on any atom is 0.306 e. The van der Waals surface area contributed by atoms with Crippen molar-refractivity contribution in [2.75, 3.05) is 13.2 Å². The molecule has 0 aromatic rings. The Hall–Kier alpha value is -3.67. The van der Waals surface area contributed by atoms with Crippen LogP contribution in [0.15, 0.2) is 97.2 Å². The zero-order chi connectivity index (χ0) is 52.9. The van der Waals surface area contributed by atoms with Crippen LogP contribution in [0.1, 0.15) is 290 Å². The lowest BCUT2D eigenvalue weighted by Crippen LogP contribution is -2.30. The van der Waals surface area contributed by atoms with Crippen LogP contribution < -0.4 is 0 Å². The molecule has 1 unspecified atom stereocenters. The molecule has 0 radical (unpaired) electrons. The summed E-state index contributed by atoms with van der Waals surface area (Å²) >= 11 is 0. The van der Waals surface area contributed by atoms with Crippen LogP contribution in [-0.4, -0.2) is 37.2 Å². The van der Waals surface area contributed by atoms with Crippen LogP contribution >= 0.6 is 0 Å². The first-order valence-corrected chi connectivity index (χ1v) is 30.7. The van der Waals surface area contributed by atoms with E-state index in [2.05, 4.69) is 118 Å². The molecule has 0 saturated heterocycles. The second kappa shape index (κ2) is 60.9. The van der Waals surface area contributed by atoms with Crippen molar-refractivity contribution < 1.29 is 28.6 Å². The molecule has 0 bridgehead atoms. The Kier molecular flexibility index (Phi) is 57.8. The molecule has 0 spiro atoms. The van der Waals surface area contributed by atoms with Crippen molar-refractivity contribution in [2.45, 2.75) is 297 Å². The lowest BCUT2D eigenvalue weighted by molar-refractivity contribution is -0.167. The molecular formula is C67H114O6. The second-order valence-electron chi connectivity index (χ2n) is 20.2. The first-order valence-electron chi connectivity index (χ1n) is 30.7. The predicted molar refractivity (Wildman–Crippen MR) is 316 cm³/mol. The number of carbonyl (C=O) groups is 3. The van der Waals surface area contributed by atoms with E-state index >= 15 is 0 Å². The van der Waals surface area contributed by atoms with Gasteiger partial charge < -0.3 is 14.2 Å². The molecule has 0 aliphatic rings. The standard InChI is InChI=1S/C67H114O6/c1-4-7-10-13-16-19-22-24-25-26-27-28-29-30-31-32-33-34-35-36-37-38-39-40-41-43-45-48-51-54-57-60-66(69)72-63-64(62-71-65(68)59-56-53-50-47-44-21-18-15-12-9-6-3)73-67(70)61-58-55-52-49-46-42-23-20-17-14-11-8-5-2/h7,10,15-16,18-20,23-25,27-28,30-31,33-34,64H,4-6,8-9,11-14,17,21-22,26,29,32,35-63H2,1-3H3/b10-7-,18-15-,19-16-,23-20-,25-24-,28-27-,31-30-,34-33-. The van der Waals surface area contributed by atoms with Crippen LogP contribution in [0.25, 0.3) is 0 Å². The summed E-state index contributed by atoms with van der Waals surface area (Å²) in [6, 6.07) is 0. The molecule has 0 aliphatic carbocycles. The van der Waals surface area contributed by atoms with Crippen molar-refractivity contribution in [3.63, 3.8) is 0 Å². The van der Waals surface area contributed by atoms with E-state index in [1.807, 2.05) is 0 Å². The van der Waals surface area contributed by atoms with Gasteiger partial charge in [-0.1, -0.05) is 253 Å². The summed E-state index contributed by atoms with van der Waals surface area (Å²) in [4.78, 5) is 38.1. The van der Waals surface area contributed by atoms with Gasteiger partial charge >= 0.3 is 17.9 Å². The van der Waals surface area contributed by atoms with Crippen molar-refractivity contribution in [1.29, 1.82) is 0 Å². The van der Waals surface area contributed by atoms with E-state index in [1.54, 1.807) is 0 Å². The molecule has 6 nitrogen and oxygen atoms in total. The molecule has 418 valence electrons. The van der Waals surface area contributed by atoms with Gasteiger partial charge in [-0.05, 0) is 116 Å². The van der Waals surface area contributed by atoms with E-state index in [1.165, 1.54) is 135 Å². The van der Waals surface area contributed by atoms with E-state index < -0.39 is 6.10 Å². The van der Waals surface area contributed by atoms with E-state index in [0.717, 1.165) is 116 Å². The van der Waals surface area contributed by atoms with Crippen molar-refractivity contribution in [3.05, 3.63) is 97.2 Å². The normalized spacial score (nSPS) is 12.8. The Bertz CT molecular complexity index is 1440. The molecule has 0 rings (SSSR count). The van der Waals surface area contributed by atoms with Gasteiger partial charge in [0.25, 0.3) is 0 Å². The Morgan fingerprint density at radius 3 is 0.890 bits per heavy atom. The zero-order valence-electron chi connectivity index (χ0n) is 47.9. The minimum Gasteiger partial charge on any atom is -0.462 e. The summed E-state index contributed by atoms with van der Waals surface area (Å²) in [5.74, 6) is -0.899. The third kappa shape index (κ3) is 59.1. The van der Waals surface area contributed by atoms with Crippen LogP contribution in [0, 0.1) is 0 Å². The molecule has 0 aromatic carbocycles. The van der Waals surface area contributed by atoms with Gasteiger partial charge in [-0.15, -0.1) is 0 Å². The Morgan fingerprint density at radius 2 is 0.548 bits per heavy atom. The predicted octanol–water partition coefficient (Wildman–Crippen LogP) is 20.9. The number of rotatable bonds is 55. The topological polar surface area (TPSA) is 78.9 Å². The van der Waals surface area contributed by atoms with Gasteiger partial charge in [-0.3, -0.25) is 14.4 Å². The van der Waals surface area contributed by atoms with E-state index in [-0.39, 0.29) is 31.1 Å². The number of esters is 3. The SMILES string of the molecule is CC/C=C\C/C=C\C/C=C\C/C=C\C/C=C\C/C=C\CCCCCCCCCCCCCCC(=O)OCC(COC(=O)CCCCCCC/C=C\CCCC)OC(=O)CCCCCCC/C=C\CCCCCC. The van der Waals surface area contributed by atoms with Crippen LogP contribution in [0.3, 0.4) is 0 Å². The molecule has 0 amide bonds. The first kappa shape index (κ1) is 69.3. The molecule has 0 fully saturated rings. The van der Waals surface area contributed by atoms with Gasteiger partial charge in [0, 0.05) is 19.3 Å². The number of unbranched alkanes of at least 4 members (excludes halogenated alkanes) is 28. The van der Waals surface area contributed by atoms with Crippen LogP contribution in [-0.2, 0) is 28.6 Å². The highest BCUT2D eigenvalue weighted by Crippen LogP contribution is 2.15. The average molecular weight is 1020 g/mol. The van der Waals surface area contributed by atoms with Crippen LogP contribution in [0.5, 0.6) is 0 Å². The molecule has 1 atom stereocenters. The van der Waals surface area contributed by atoms with Crippen molar-refractivity contribution in [3.8, 4) is 0 Å². The Balaban J connectivity index is 4.17. The van der Waals surface area contributed by atoms with Crippen molar-refractivity contribution in [1.82, 2.24) is 0 Å². The molecular weight excluding hydrogens is 901 g/mol. The first-order chi connectivity index (χ1) is 36.0. The van der Waals surface area contributed by atoms with Crippen molar-refractivity contribution in [2.24, 2.45) is 0 Å². The Labute approximate surface area is 451 Å². The fraction of sp³-hybridized carbons (Fsp3) is 0.716. The maximum atomic E-state index is 12.8. The number of ether oxygens (including phenoxy) is 3. The summed E-state index contributed by atoms with van der Waals surface area (Å²) in [6.07, 6.45) is 81.3. The number of hydrogen-bond acceptors (Lipinski definition) is 6. The summed E-state index contributed by atoms with van der Waals surface area (Å²) in [5, 5.41) is 0. The van der Waals surface area contributed by atoms with Crippen LogP contribution in [0.4, 0.5) is 0 Å². The largest absolute Gasteiger partial charge is 0.462 e. The average Bonchev–Trinajstić information content (AvgIpc) is 3.39. The van der Waals surface area contributed by atoms with Gasteiger partial charge in [0.2, 0.25) is 0 Å². The zero-order valence-corrected chi connectivity index (χ0v) is 47.9. The monoisotopic (exact) mass is 1010 g/mol. The van der Waals surface area contributed by atoms with Gasteiger partial charge in [-0.25, -0.2) is 0 Å². The third-order valence-corrected chi connectivity index (χ3v) is 13.0. The van der Waals surface area contributed by atoms with E-state index in [9.17, 15) is 14.4 Å². The highest BCUT2D eigenvalue weighted by molar-refractivity contribution is 5.71. The van der Waals surface area contributed by atoms with E-state index in [4.69, 9.17) is 14.2 Å². The lowest BCUT2D eigenvalue weighted by Gasteiger charge is -2.18. The Morgan fingerprint density at radius 1 is 0.288 bits per heavy atom. The van der Waals surface area contributed by atoms with Gasteiger partial charge in [0.1, 0.15) is 13.2 Å². The van der Waals surface area contributed by atoms with Gasteiger partial charge in [-0.2, -0.15) is 0 Å². The molecule has 73 heavy (non-hydrogen) atoms. The van der Waals surface area contributed by atoms with E-state index in [0.29, 0.717) is 19.3 Å². The van der Waals surface area contributed by atoms with Gasteiger partial charge in [0.05, 0.1) is 0 Å². The number of carbonyl (C=O) groups excluding carboxylic acids is 3. The maximum absolute atomic E-state index is 12.8. The molecule has 0 N–H and O–H groups in total. The minimum atomic E-state index is -0.784. The fourth-order valence-corrected chi connectivity index (χ4v) is 8.42. The number of allylic oxidation sites excluding steroid dienone is 16. The quantitative estimate of drug-likeness (QED) is 0.0261. The molecule has 0 heterocycles. The highest BCUT2D eigenvalue weighted by atomic mass is 16.6. The third-order valence-electron chi connectivity index (χ3n) is 13.0. The summed E-state index contributed by atoms with van der Waals surface area (Å²) in [6.45, 7) is 6.47. The highest BCUT2D eigenvalue weighted by Gasteiger charge is 2.19. The van der Waals surface area contributed by atoms with Crippen LogP contribution in [0.2, 0.25) is 0 Å². The van der Waals surface area contributed by atoms with Crippen molar-refractivity contribution >= 4 is 17.9 Å². The van der Waals surface area contributed by atoms with Gasteiger partial charge in [0.15, 0.2) is 6.10 Å². The molecule has 6 heteroatoms. The summed E-state index contributed by atoms with van der Waals surface area (Å²) < 4.78 is 16.8. The second-order valence-corrected chi connectivity index (χ2v) is 20.2. The summed E-state index contributed by atoms with van der Waals surface area (Å²) in [5.41, 5.74) is 0. The minimum absolute atomic E-state index is 0.0830. The molecule has 0 aliphatic heterocycles. The fourth-order valence-electron chi connectivity index (χ4n) is 8.42. The summed E-state index contributed by atoms with van der Waals surface area (Å²) in [7, 11) is 0. The lowest BCUT2D eigenvalue weighted by atomic mass is 10.0. The molecule has 0 saturated carbocycles.